The van der Waals surface area contributed by atoms with E-state index in [9.17, 15) is 4.79 Å². The lowest BCUT2D eigenvalue weighted by molar-refractivity contribution is -0.137. The quantitative estimate of drug-likeness (QED) is 0.811. The Bertz CT molecular complexity index is 629. The van der Waals surface area contributed by atoms with Crippen molar-refractivity contribution >= 4 is 17.7 Å². The number of nitrogens with zero attached hydrogens (tertiary/aromatic N) is 3. The van der Waals surface area contributed by atoms with Crippen molar-refractivity contribution in [2.75, 3.05) is 25.5 Å². The number of pyridine rings is 1. The molecule has 1 amide bonds. The molecule has 1 atom stereocenters. The molecular formula is C16H19N3O2S. The van der Waals surface area contributed by atoms with Crippen molar-refractivity contribution in [3.05, 3.63) is 48.5 Å². The van der Waals surface area contributed by atoms with Crippen molar-refractivity contribution in [1.29, 1.82) is 0 Å². The second-order valence-electron chi connectivity index (χ2n) is 5.19. The van der Waals surface area contributed by atoms with Crippen molar-refractivity contribution in [2.24, 2.45) is 7.05 Å². The van der Waals surface area contributed by atoms with E-state index in [1.807, 2.05) is 36.3 Å². The fourth-order valence-electron chi connectivity index (χ4n) is 2.63. The summed E-state index contributed by atoms with van der Waals surface area (Å²) in [4.78, 5) is 19.6. The third kappa shape index (κ3) is 3.34. The van der Waals surface area contributed by atoms with E-state index < -0.39 is 0 Å². The highest BCUT2D eigenvalue weighted by Gasteiger charge is 2.29. The smallest absolute Gasteiger partial charge is 0.233 e. The summed E-state index contributed by atoms with van der Waals surface area (Å²) in [6.45, 7) is 1.81. The van der Waals surface area contributed by atoms with Crippen LogP contribution in [-0.4, -0.2) is 45.9 Å². The zero-order chi connectivity index (χ0) is 15.4. The third-order valence-corrected chi connectivity index (χ3v) is 4.78. The van der Waals surface area contributed by atoms with E-state index in [4.69, 9.17) is 4.74 Å². The highest BCUT2D eigenvalue weighted by Crippen LogP contribution is 2.26. The fraction of sp³-hybridized carbons (Fsp3) is 0.375. The van der Waals surface area contributed by atoms with Gasteiger partial charge in [0.2, 0.25) is 5.91 Å². The van der Waals surface area contributed by atoms with Crippen molar-refractivity contribution in [3.8, 4) is 0 Å². The first-order valence-electron chi connectivity index (χ1n) is 7.27. The lowest BCUT2D eigenvalue weighted by Gasteiger charge is -2.36. The molecule has 22 heavy (non-hydrogen) atoms. The van der Waals surface area contributed by atoms with Crippen molar-refractivity contribution in [1.82, 2.24) is 14.5 Å². The van der Waals surface area contributed by atoms with Crippen LogP contribution in [0.15, 0.2) is 47.8 Å². The van der Waals surface area contributed by atoms with Gasteiger partial charge in [-0.2, -0.15) is 0 Å². The lowest BCUT2D eigenvalue weighted by atomic mass is 10.1. The molecule has 5 nitrogen and oxygen atoms in total. The van der Waals surface area contributed by atoms with Gasteiger partial charge in [0.15, 0.2) is 0 Å². The van der Waals surface area contributed by atoms with Crippen LogP contribution < -0.4 is 0 Å². The second kappa shape index (κ2) is 6.98. The summed E-state index contributed by atoms with van der Waals surface area (Å²) in [5, 5.41) is 0. The maximum atomic E-state index is 12.6. The number of rotatable bonds is 4. The summed E-state index contributed by atoms with van der Waals surface area (Å²) in [5.41, 5.74) is 1.11. The first-order chi connectivity index (χ1) is 10.8. The van der Waals surface area contributed by atoms with Crippen LogP contribution in [0.3, 0.4) is 0 Å². The lowest BCUT2D eigenvalue weighted by Crippen LogP contribution is -2.44. The van der Waals surface area contributed by atoms with Crippen LogP contribution in [0.5, 0.6) is 0 Å². The number of aromatic nitrogens is 2. The van der Waals surface area contributed by atoms with Crippen molar-refractivity contribution in [3.63, 3.8) is 0 Å². The molecule has 0 bridgehead atoms. The number of amides is 1. The molecule has 0 saturated carbocycles. The number of hydrogen-bond donors (Lipinski definition) is 0. The Morgan fingerprint density at radius 2 is 2.23 bits per heavy atom. The molecule has 0 N–H and O–H groups in total. The summed E-state index contributed by atoms with van der Waals surface area (Å²) in [6, 6.07) is 7.89. The molecule has 0 aromatic carbocycles. The molecule has 1 aliphatic rings. The van der Waals surface area contributed by atoms with E-state index in [1.54, 1.807) is 24.2 Å². The van der Waals surface area contributed by atoms with E-state index >= 15 is 0 Å². The molecule has 0 spiro atoms. The molecule has 116 valence electrons. The Morgan fingerprint density at radius 1 is 1.41 bits per heavy atom. The molecule has 2 aromatic rings. The largest absolute Gasteiger partial charge is 0.377 e. The van der Waals surface area contributed by atoms with Gasteiger partial charge in [0, 0.05) is 42.8 Å². The zero-order valence-corrected chi connectivity index (χ0v) is 13.3. The van der Waals surface area contributed by atoms with Crippen LogP contribution in [0.25, 0.3) is 0 Å². The summed E-state index contributed by atoms with van der Waals surface area (Å²) >= 11 is 1.55. The number of hydrogen-bond acceptors (Lipinski definition) is 4. The maximum absolute atomic E-state index is 12.6. The Kier molecular flexibility index (Phi) is 4.80. The molecule has 1 aliphatic heterocycles. The zero-order valence-electron chi connectivity index (χ0n) is 12.5. The number of aryl methyl sites for hydroxylation is 1. The molecule has 0 unspecified atom stereocenters. The Hall–Kier alpha value is -1.79. The average Bonchev–Trinajstić information content (AvgIpc) is 2.99. The average molecular weight is 317 g/mol. The first-order valence-corrected chi connectivity index (χ1v) is 8.25. The highest BCUT2D eigenvalue weighted by atomic mass is 32.2. The predicted molar refractivity (Wildman–Crippen MR) is 85.6 cm³/mol. The van der Waals surface area contributed by atoms with Crippen LogP contribution in [-0.2, 0) is 16.6 Å². The Balaban J connectivity index is 1.68. The second-order valence-corrected chi connectivity index (χ2v) is 6.24. The molecular weight excluding hydrogens is 298 g/mol. The Morgan fingerprint density at radius 3 is 2.95 bits per heavy atom. The summed E-state index contributed by atoms with van der Waals surface area (Å²) in [6.07, 6.45) is 5.49. The van der Waals surface area contributed by atoms with Gasteiger partial charge in [-0.15, -0.1) is 11.8 Å². The molecule has 1 saturated heterocycles. The maximum Gasteiger partial charge on any atom is 0.233 e. The molecule has 3 rings (SSSR count). The minimum Gasteiger partial charge on any atom is -0.377 e. The minimum absolute atomic E-state index is 0.000657. The van der Waals surface area contributed by atoms with E-state index in [0.717, 1.165) is 10.6 Å². The third-order valence-electron chi connectivity index (χ3n) is 3.79. The van der Waals surface area contributed by atoms with Crippen LogP contribution >= 0.6 is 11.8 Å². The molecule has 3 heterocycles. The van der Waals surface area contributed by atoms with Gasteiger partial charge in [0.1, 0.15) is 0 Å². The molecule has 1 fully saturated rings. The van der Waals surface area contributed by atoms with E-state index in [2.05, 4.69) is 15.6 Å². The molecule has 6 heteroatoms. The minimum atomic E-state index is -0.000657. The number of ether oxygens (including phenoxy) is 1. The van der Waals surface area contributed by atoms with E-state index in [-0.39, 0.29) is 11.9 Å². The van der Waals surface area contributed by atoms with Crippen LogP contribution in [0.4, 0.5) is 0 Å². The summed E-state index contributed by atoms with van der Waals surface area (Å²) in [5.74, 6) is 0.585. The van der Waals surface area contributed by atoms with Gasteiger partial charge in [0.25, 0.3) is 0 Å². The fourth-order valence-corrected chi connectivity index (χ4v) is 3.40. The topological polar surface area (TPSA) is 47.4 Å². The van der Waals surface area contributed by atoms with Gasteiger partial charge < -0.3 is 14.2 Å². The van der Waals surface area contributed by atoms with Gasteiger partial charge in [-0.25, -0.2) is 0 Å². The van der Waals surface area contributed by atoms with E-state index in [1.165, 1.54) is 0 Å². The molecule has 0 radical (unpaired) electrons. The first kappa shape index (κ1) is 15.1. The number of carbonyl (C=O) groups is 1. The number of thioether (sulfide) groups is 1. The predicted octanol–water partition coefficient (Wildman–Crippen LogP) is 2.11. The Labute approximate surface area is 134 Å². The van der Waals surface area contributed by atoms with Crippen LogP contribution in [0.1, 0.15) is 11.7 Å². The summed E-state index contributed by atoms with van der Waals surface area (Å²) in [7, 11) is 2.00. The SMILES string of the molecule is Cn1cccc1[C@@H]1COCCN1C(=O)CSc1ccncc1. The normalized spacial score (nSPS) is 18.4. The van der Waals surface area contributed by atoms with Gasteiger partial charge in [-0.1, -0.05) is 0 Å². The van der Waals surface area contributed by atoms with Gasteiger partial charge in [-0.05, 0) is 24.3 Å². The van der Waals surface area contributed by atoms with Crippen LogP contribution in [0.2, 0.25) is 0 Å². The molecule has 2 aromatic heterocycles. The highest BCUT2D eigenvalue weighted by molar-refractivity contribution is 8.00. The van der Waals surface area contributed by atoms with Gasteiger partial charge in [0.05, 0.1) is 25.0 Å². The number of carbonyl (C=O) groups excluding carboxylic acids is 1. The molecule has 0 aliphatic carbocycles. The monoisotopic (exact) mass is 317 g/mol. The van der Waals surface area contributed by atoms with Crippen molar-refractivity contribution in [2.45, 2.75) is 10.9 Å². The van der Waals surface area contributed by atoms with Gasteiger partial charge in [-0.3, -0.25) is 9.78 Å². The standard InChI is InChI=1S/C16H19N3O2S/c1-18-8-2-3-14(18)15-11-21-10-9-19(15)16(20)12-22-13-4-6-17-7-5-13/h2-8,15H,9-12H2,1H3/t15-/m0/s1. The summed E-state index contributed by atoms with van der Waals surface area (Å²) < 4.78 is 7.63. The van der Waals surface area contributed by atoms with Gasteiger partial charge >= 0.3 is 0 Å². The number of morpholine rings is 1. The van der Waals surface area contributed by atoms with Crippen LogP contribution in [0, 0.1) is 0 Å². The van der Waals surface area contributed by atoms with E-state index in [0.29, 0.717) is 25.5 Å². The van der Waals surface area contributed by atoms with Crippen molar-refractivity contribution < 1.29 is 9.53 Å².